The molecule has 0 radical (unpaired) electrons. The molecule has 3 N–H and O–H groups in total. The Labute approximate surface area is 330 Å². The molecule has 0 spiro atoms. The van der Waals surface area contributed by atoms with Gasteiger partial charge in [-0.3, -0.25) is 19.5 Å². The minimum Gasteiger partial charge on any atom is -0.488 e. The molecule has 13 nitrogen and oxygen atoms in total. The number of nitrogens with zero attached hydrogens (tertiary/aromatic N) is 5. The van der Waals surface area contributed by atoms with Crippen LogP contribution in [0, 0.1) is 11.3 Å². The molecule has 1 heterocycles. The van der Waals surface area contributed by atoms with Gasteiger partial charge in [0.15, 0.2) is 0 Å². The minimum atomic E-state index is -1.55. The molecule has 1 aromatic heterocycles. The Morgan fingerprint density at radius 2 is 1.61 bits per heavy atom. The molecule has 0 aliphatic heterocycles. The van der Waals surface area contributed by atoms with Crippen molar-refractivity contribution in [2.45, 2.75) is 78.6 Å². The number of hydrazine groups is 1. The summed E-state index contributed by atoms with van der Waals surface area (Å²) in [5.74, 6) is -1.90. The van der Waals surface area contributed by atoms with Crippen molar-refractivity contribution in [2.24, 2.45) is 12.8 Å². The number of urea groups is 1. The van der Waals surface area contributed by atoms with Crippen LogP contribution in [-0.4, -0.2) is 81.2 Å². The molecule has 56 heavy (non-hydrogen) atoms. The van der Waals surface area contributed by atoms with E-state index in [1.54, 1.807) is 19.2 Å². The average Bonchev–Trinajstić information content (AvgIpc) is 3.48. The van der Waals surface area contributed by atoms with Crippen molar-refractivity contribution < 1.29 is 28.6 Å². The summed E-state index contributed by atoms with van der Waals surface area (Å²) in [4.78, 5) is 43.5. The molecule has 0 bridgehead atoms. The van der Waals surface area contributed by atoms with Crippen LogP contribution in [-0.2, 0) is 45.6 Å². The number of hydrogen-bond donors (Lipinski definition) is 2. The van der Waals surface area contributed by atoms with E-state index in [2.05, 4.69) is 18.0 Å². The predicted molar refractivity (Wildman–Crippen MR) is 216 cm³/mol. The Bertz CT molecular complexity index is 1990. The Kier molecular flexibility index (Phi) is 14.8. The normalized spacial score (nSPS) is 12.2. The Hall–Kier alpha value is -5.68. The molecule has 4 amide bonds. The van der Waals surface area contributed by atoms with E-state index < -0.39 is 35.4 Å². The number of amides is 4. The highest BCUT2D eigenvalue weighted by Crippen LogP contribution is 2.29. The molecule has 0 saturated carbocycles. The number of nitrogens with two attached hydrogens (primary N) is 1. The van der Waals surface area contributed by atoms with Gasteiger partial charge in [0.25, 0.3) is 5.91 Å². The number of hydrogen-bond acceptors (Lipinski definition) is 8. The van der Waals surface area contributed by atoms with Crippen LogP contribution in [0.1, 0.15) is 63.8 Å². The zero-order valence-corrected chi connectivity index (χ0v) is 33.6. The van der Waals surface area contributed by atoms with Gasteiger partial charge in [-0.25, -0.2) is 9.80 Å². The van der Waals surface area contributed by atoms with Gasteiger partial charge in [0.2, 0.25) is 11.8 Å². The molecule has 0 aliphatic carbocycles. The molecule has 3 aromatic carbocycles. The molecular formula is C43H55N7O6. The van der Waals surface area contributed by atoms with E-state index >= 15 is 4.79 Å². The summed E-state index contributed by atoms with van der Waals surface area (Å²) in [6, 6.07) is 22.6. The fourth-order valence-corrected chi connectivity index (χ4v) is 6.64. The standard InChI is InChI=1S/C43H55N7O6/c1-9-24-48(50(41(45)53)27-32-16-13-12-14-17-32)30-38(51)46-37(25-31-20-22-35(23-21-31)56-42(4,5)6)40(52)49(43(7,54-10-2)55-11-3)29-33-18-15-19-36-34(26-44)28-47(8)39(33)36/h9,12-23,28,37H,1,10-11,24-25,27,29-30H2,2-8H3,(H2,45,53)(H,46,51)/t37-/m0/s1. The number of fused-ring (bicyclic) bond motifs is 1. The first-order valence-electron chi connectivity index (χ1n) is 18.7. The maximum Gasteiger partial charge on any atom is 0.329 e. The lowest BCUT2D eigenvalue weighted by Crippen LogP contribution is -2.60. The fraction of sp³-hybridized carbons (Fsp3) is 0.395. The summed E-state index contributed by atoms with van der Waals surface area (Å²) in [5, 5.41) is 16.3. The molecule has 0 aliphatic rings. The highest BCUT2D eigenvalue weighted by molar-refractivity contribution is 5.91. The Balaban J connectivity index is 1.76. The van der Waals surface area contributed by atoms with Gasteiger partial charge in [-0.05, 0) is 63.4 Å². The number of carbonyl (C=O) groups is 3. The van der Waals surface area contributed by atoms with E-state index in [4.69, 9.17) is 19.9 Å². The number of aryl methyl sites for hydroxylation is 1. The number of nitriles is 1. The topological polar surface area (TPSA) is 155 Å². The third-order valence-corrected chi connectivity index (χ3v) is 8.97. The van der Waals surface area contributed by atoms with Gasteiger partial charge in [-0.15, -0.1) is 6.58 Å². The van der Waals surface area contributed by atoms with Crippen LogP contribution in [0.25, 0.3) is 10.9 Å². The fourth-order valence-electron chi connectivity index (χ4n) is 6.64. The Morgan fingerprint density at radius 1 is 0.946 bits per heavy atom. The average molecular weight is 766 g/mol. The zero-order valence-electron chi connectivity index (χ0n) is 33.6. The quantitative estimate of drug-likeness (QED) is 0.0668. The smallest absolute Gasteiger partial charge is 0.329 e. The first kappa shape index (κ1) is 43.1. The number of ether oxygens (including phenoxy) is 3. The third-order valence-electron chi connectivity index (χ3n) is 8.97. The molecule has 298 valence electrons. The number of para-hydroxylation sites is 1. The van der Waals surface area contributed by atoms with Crippen LogP contribution >= 0.6 is 0 Å². The lowest BCUT2D eigenvalue weighted by atomic mass is 10.0. The molecule has 0 saturated heterocycles. The van der Waals surface area contributed by atoms with E-state index in [-0.39, 0.29) is 45.8 Å². The number of rotatable bonds is 19. The minimum absolute atomic E-state index is 0.0231. The maximum absolute atomic E-state index is 15.2. The van der Waals surface area contributed by atoms with Crippen molar-refractivity contribution in [3.8, 4) is 11.8 Å². The summed E-state index contributed by atoms with van der Waals surface area (Å²) in [7, 11) is 1.85. The van der Waals surface area contributed by atoms with Gasteiger partial charge in [-0.2, -0.15) is 5.26 Å². The lowest BCUT2D eigenvalue weighted by molar-refractivity contribution is -0.298. The number of nitrogens with one attached hydrogen (secondary N) is 1. The van der Waals surface area contributed by atoms with Crippen molar-refractivity contribution in [2.75, 3.05) is 26.3 Å². The van der Waals surface area contributed by atoms with E-state index in [9.17, 15) is 14.9 Å². The third kappa shape index (κ3) is 11.2. The van der Waals surface area contributed by atoms with E-state index in [1.807, 2.05) is 119 Å². The van der Waals surface area contributed by atoms with Crippen molar-refractivity contribution in [3.63, 3.8) is 0 Å². The highest BCUT2D eigenvalue weighted by Gasteiger charge is 2.41. The molecule has 4 aromatic rings. The molecule has 4 rings (SSSR count). The Morgan fingerprint density at radius 3 is 2.18 bits per heavy atom. The second kappa shape index (κ2) is 19.3. The first-order chi connectivity index (χ1) is 26.6. The second-order valence-electron chi connectivity index (χ2n) is 14.5. The van der Waals surface area contributed by atoms with Crippen LogP contribution in [0.4, 0.5) is 4.79 Å². The van der Waals surface area contributed by atoms with E-state index in [0.29, 0.717) is 11.3 Å². The van der Waals surface area contributed by atoms with E-state index in [0.717, 1.165) is 27.6 Å². The van der Waals surface area contributed by atoms with Crippen LogP contribution in [0.5, 0.6) is 5.75 Å². The van der Waals surface area contributed by atoms with Crippen LogP contribution in [0.2, 0.25) is 0 Å². The van der Waals surface area contributed by atoms with E-state index in [1.165, 1.54) is 14.9 Å². The van der Waals surface area contributed by atoms with Gasteiger partial charge in [0.1, 0.15) is 23.5 Å². The molecule has 0 fully saturated rings. The summed E-state index contributed by atoms with van der Waals surface area (Å²) in [6.07, 6.45) is 3.42. The van der Waals surface area contributed by atoms with Crippen LogP contribution in [0.3, 0.4) is 0 Å². The van der Waals surface area contributed by atoms with Crippen molar-refractivity contribution in [3.05, 3.63) is 114 Å². The highest BCUT2D eigenvalue weighted by atomic mass is 16.7. The molecular weight excluding hydrogens is 711 g/mol. The summed E-state index contributed by atoms with van der Waals surface area (Å²) >= 11 is 0. The molecule has 1 atom stereocenters. The zero-order chi connectivity index (χ0) is 41.0. The van der Waals surface area contributed by atoms with Gasteiger partial charge < -0.3 is 29.8 Å². The van der Waals surface area contributed by atoms with Crippen molar-refractivity contribution in [1.29, 1.82) is 5.26 Å². The van der Waals surface area contributed by atoms with Crippen molar-refractivity contribution >= 4 is 28.7 Å². The van der Waals surface area contributed by atoms with Crippen LogP contribution < -0.4 is 15.8 Å². The second-order valence-corrected chi connectivity index (χ2v) is 14.5. The number of carbonyl (C=O) groups excluding carboxylic acids is 3. The summed E-state index contributed by atoms with van der Waals surface area (Å²) < 4.78 is 20.3. The lowest BCUT2D eigenvalue weighted by Gasteiger charge is -2.42. The predicted octanol–water partition coefficient (Wildman–Crippen LogP) is 6.01. The van der Waals surface area contributed by atoms with Gasteiger partial charge >= 0.3 is 6.03 Å². The molecule has 0 unspecified atom stereocenters. The number of primary amides is 1. The number of benzene rings is 3. The van der Waals surface area contributed by atoms with Gasteiger partial charge in [0, 0.05) is 51.7 Å². The SMILES string of the molecule is C=CCN(CC(=O)N[C@@H](Cc1ccc(OC(C)(C)C)cc1)C(=O)N(Cc1cccc2c(C#N)cn(C)c12)C(C)(OCC)OCC)N(Cc1ccccc1)C(N)=O. The summed E-state index contributed by atoms with van der Waals surface area (Å²) in [6.45, 7) is 15.4. The van der Waals surface area contributed by atoms with Crippen LogP contribution in [0.15, 0.2) is 91.6 Å². The number of aromatic nitrogens is 1. The van der Waals surface area contributed by atoms with Crippen molar-refractivity contribution in [1.82, 2.24) is 24.8 Å². The molecule has 13 heteroatoms. The van der Waals surface area contributed by atoms with Gasteiger partial charge in [0.05, 0.1) is 30.7 Å². The van der Waals surface area contributed by atoms with Gasteiger partial charge in [-0.1, -0.05) is 66.7 Å². The largest absolute Gasteiger partial charge is 0.488 e. The monoisotopic (exact) mass is 765 g/mol. The maximum atomic E-state index is 15.2. The first-order valence-corrected chi connectivity index (χ1v) is 18.7. The summed E-state index contributed by atoms with van der Waals surface area (Å²) in [5.41, 5.74) is 9.01.